The summed E-state index contributed by atoms with van der Waals surface area (Å²) in [7, 11) is -3.69. The molecule has 0 atom stereocenters. The highest BCUT2D eigenvalue weighted by Crippen LogP contribution is 2.20. The summed E-state index contributed by atoms with van der Waals surface area (Å²) in [5, 5.41) is 2.80. The standard InChI is InChI=1S/C23H24N2O4S/c1-16(2)29-21-12-10-19(11-13-21)24-23(26)18-6-8-20(9-7-18)25-30(27,28)22-14-4-17(3)5-15-22/h4-16,25H,1-3H3,(H,24,26). The van der Waals surface area contributed by atoms with Crippen molar-refractivity contribution in [2.24, 2.45) is 0 Å². The first-order chi connectivity index (χ1) is 14.2. The fourth-order valence-electron chi connectivity index (χ4n) is 2.71. The first-order valence-electron chi connectivity index (χ1n) is 9.50. The maximum absolute atomic E-state index is 12.5. The van der Waals surface area contributed by atoms with Crippen LogP contribution in [0.15, 0.2) is 77.7 Å². The molecule has 0 unspecified atom stereocenters. The molecule has 156 valence electrons. The Morgan fingerprint density at radius 2 is 1.40 bits per heavy atom. The van der Waals surface area contributed by atoms with Crippen molar-refractivity contribution in [1.29, 1.82) is 0 Å². The summed E-state index contributed by atoms with van der Waals surface area (Å²) in [5.74, 6) is 0.439. The molecule has 0 aliphatic rings. The zero-order valence-electron chi connectivity index (χ0n) is 17.0. The van der Waals surface area contributed by atoms with Gasteiger partial charge in [-0.15, -0.1) is 0 Å². The van der Waals surface area contributed by atoms with Crippen LogP contribution in [-0.2, 0) is 10.0 Å². The summed E-state index contributed by atoms with van der Waals surface area (Å²) >= 11 is 0. The second-order valence-electron chi connectivity index (χ2n) is 7.14. The minimum atomic E-state index is -3.69. The van der Waals surface area contributed by atoms with Gasteiger partial charge in [0.15, 0.2) is 0 Å². The number of amides is 1. The highest BCUT2D eigenvalue weighted by molar-refractivity contribution is 7.92. The Balaban J connectivity index is 1.64. The van der Waals surface area contributed by atoms with Gasteiger partial charge in [0.1, 0.15) is 5.75 Å². The molecule has 1 amide bonds. The van der Waals surface area contributed by atoms with Crippen molar-refractivity contribution in [2.75, 3.05) is 10.0 Å². The van der Waals surface area contributed by atoms with Crippen LogP contribution in [0.25, 0.3) is 0 Å². The van der Waals surface area contributed by atoms with E-state index in [2.05, 4.69) is 10.0 Å². The molecule has 3 rings (SSSR count). The molecule has 0 saturated carbocycles. The average Bonchev–Trinajstić information content (AvgIpc) is 2.69. The lowest BCUT2D eigenvalue weighted by Gasteiger charge is -2.11. The fraction of sp³-hybridized carbons (Fsp3) is 0.174. The van der Waals surface area contributed by atoms with E-state index in [1.807, 2.05) is 20.8 Å². The van der Waals surface area contributed by atoms with Crippen LogP contribution in [0, 0.1) is 6.92 Å². The summed E-state index contributed by atoms with van der Waals surface area (Å²) in [6, 6.07) is 19.9. The van der Waals surface area contributed by atoms with Crippen molar-refractivity contribution in [3.8, 4) is 5.75 Å². The van der Waals surface area contributed by atoms with Crippen LogP contribution in [0.4, 0.5) is 11.4 Å². The highest BCUT2D eigenvalue weighted by Gasteiger charge is 2.14. The number of carbonyl (C=O) groups is 1. The lowest BCUT2D eigenvalue weighted by molar-refractivity contribution is 0.102. The Labute approximate surface area is 177 Å². The summed E-state index contributed by atoms with van der Waals surface area (Å²) < 4.78 is 33.0. The van der Waals surface area contributed by atoms with Crippen LogP contribution in [0.1, 0.15) is 29.8 Å². The Hall–Kier alpha value is -3.32. The zero-order valence-corrected chi connectivity index (χ0v) is 17.9. The van der Waals surface area contributed by atoms with Crippen molar-refractivity contribution >= 4 is 27.3 Å². The van der Waals surface area contributed by atoms with E-state index in [0.29, 0.717) is 16.9 Å². The minimum Gasteiger partial charge on any atom is -0.491 e. The van der Waals surface area contributed by atoms with Crippen LogP contribution >= 0.6 is 0 Å². The van der Waals surface area contributed by atoms with Gasteiger partial charge in [-0.25, -0.2) is 8.42 Å². The maximum Gasteiger partial charge on any atom is 0.261 e. The van der Waals surface area contributed by atoms with Gasteiger partial charge in [-0.1, -0.05) is 17.7 Å². The van der Waals surface area contributed by atoms with Gasteiger partial charge in [-0.05, 0) is 81.4 Å². The molecular weight excluding hydrogens is 400 g/mol. The normalized spacial score (nSPS) is 11.2. The van der Waals surface area contributed by atoms with Crippen LogP contribution in [0.5, 0.6) is 5.75 Å². The molecular formula is C23H24N2O4S. The number of anilines is 2. The van der Waals surface area contributed by atoms with Gasteiger partial charge in [0, 0.05) is 16.9 Å². The molecule has 30 heavy (non-hydrogen) atoms. The number of hydrogen-bond donors (Lipinski definition) is 2. The SMILES string of the molecule is Cc1ccc(S(=O)(=O)Nc2ccc(C(=O)Nc3ccc(OC(C)C)cc3)cc2)cc1. The number of nitrogens with one attached hydrogen (secondary N) is 2. The molecule has 0 aliphatic carbocycles. The molecule has 0 aromatic heterocycles. The predicted molar refractivity (Wildman–Crippen MR) is 119 cm³/mol. The molecule has 0 spiro atoms. The number of hydrogen-bond acceptors (Lipinski definition) is 4. The van der Waals surface area contributed by atoms with Gasteiger partial charge >= 0.3 is 0 Å². The second-order valence-corrected chi connectivity index (χ2v) is 8.82. The van der Waals surface area contributed by atoms with E-state index in [0.717, 1.165) is 11.3 Å². The third-order valence-corrected chi connectivity index (χ3v) is 5.61. The van der Waals surface area contributed by atoms with E-state index in [1.165, 1.54) is 0 Å². The summed E-state index contributed by atoms with van der Waals surface area (Å²) in [4.78, 5) is 12.6. The number of sulfonamides is 1. The third-order valence-electron chi connectivity index (χ3n) is 4.21. The van der Waals surface area contributed by atoms with Crippen molar-refractivity contribution in [3.05, 3.63) is 83.9 Å². The minimum absolute atomic E-state index is 0.0763. The van der Waals surface area contributed by atoms with E-state index in [9.17, 15) is 13.2 Å². The van der Waals surface area contributed by atoms with Gasteiger partial charge in [-0.2, -0.15) is 0 Å². The molecule has 0 saturated heterocycles. The molecule has 6 nitrogen and oxygen atoms in total. The van der Waals surface area contributed by atoms with E-state index in [-0.39, 0.29) is 16.9 Å². The second kappa shape index (κ2) is 9.00. The van der Waals surface area contributed by atoms with E-state index in [1.54, 1.807) is 72.8 Å². The molecule has 0 aliphatic heterocycles. The smallest absolute Gasteiger partial charge is 0.261 e. The van der Waals surface area contributed by atoms with Gasteiger partial charge in [0.2, 0.25) is 0 Å². The topological polar surface area (TPSA) is 84.5 Å². The van der Waals surface area contributed by atoms with Crippen LogP contribution < -0.4 is 14.8 Å². The number of carbonyl (C=O) groups excluding carboxylic acids is 1. The molecule has 0 bridgehead atoms. The van der Waals surface area contributed by atoms with Crippen molar-refractivity contribution in [2.45, 2.75) is 31.8 Å². The van der Waals surface area contributed by atoms with Gasteiger partial charge in [-0.3, -0.25) is 9.52 Å². The lowest BCUT2D eigenvalue weighted by atomic mass is 10.2. The van der Waals surface area contributed by atoms with Crippen molar-refractivity contribution in [3.63, 3.8) is 0 Å². The van der Waals surface area contributed by atoms with Crippen molar-refractivity contribution in [1.82, 2.24) is 0 Å². The predicted octanol–water partition coefficient (Wildman–Crippen LogP) is 4.84. The molecule has 7 heteroatoms. The van der Waals surface area contributed by atoms with Crippen LogP contribution in [0.3, 0.4) is 0 Å². The van der Waals surface area contributed by atoms with Gasteiger partial charge < -0.3 is 10.1 Å². The average molecular weight is 425 g/mol. The Morgan fingerprint density at radius 3 is 1.97 bits per heavy atom. The highest BCUT2D eigenvalue weighted by atomic mass is 32.2. The number of aryl methyl sites for hydroxylation is 1. The maximum atomic E-state index is 12.5. The fourth-order valence-corrected chi connectivity index (χ4v) is 3.77. The first-order valence-corrected chi connectivity index (χ1v) is 11.0. The quantitative estimate of drug-likeness (QED) is 0.569. The Kier molecular flexibility index (Phi) is 6.42. The zero-order chi connectivity index (χ0) is 21.7. The molecule has 3 aromatic rings. The van der Waals surface area contributed by atoms with Gasteiger partial charge in [0.25, 0.3) is 15.9 Å². The monoisotopic (exact) mass is 424 g/mol. The number of rotatable bonds is 7. The molecule has 2 N–H and O–H groups in total. The molecule has 0 radical (unpaired) electrons. The van der Waals surface area contributed by atoms with Crippen LogP contribution in [-0.4, -0.2) is 20.4 Å². The lowest BCUT2D eigenvalue weighted by Crippen LogP contribution is -2.14. The number of ether oxygens (including phenoxy) is 1. The molecule has 0 fully saturated rings. The van der Waals surface area contributed by atoms with Gasteiger partial charge in [0.05, 0.1) is 11.0 Å². The molecule has 3 aromatic carbocycles. The largest absolute Gasteiger partial charge is 0.491 e. The molecule has 0 heterocycles. The Bertz CT molecular complexity index is 1110. The van der Waals surface area contributed by atoms with E-state index in [4.69, 9.17) is 4.74 Å². The third kappa shape index (κ3) is 5.61. The van der Waals surface area contributed by atoms with E-state index >= 15 is 0 Å². The number of benzene rings is 3. The summed E-state index contributed by atoms with van der Waals surface area (Å²) in [6.07, 6.45) is 0.0763. The summed E-state index contributed by atoms with van der Waals surface area (Å²) in [6.45, 7) is 5.78. The van der Waals surface area contributed by atoms with Crippen LogP contribution in [0.2, 0.25) is 0 Å². The summed E-state index contributed by atoms with van der Waals surface area (Å²) in [5.41, 5.74) is 2.41. The van der Waals surface area contributed by atoms with E-state index < -0.39 is 10.0 Å². The Morgan fingerprint density at radius 1 is 0.833 bits per heavy atom. The first kappa shape index (κ1) is 21.4. The van der Waals surface area contributed by atoms with Crippen molar-refractivity contribution < 1.29 is 17.9 Å².